The second-order valence-corrected chi connectivity index (χ2v) is 5.69. The molecule has 1 atom stereocenters. The van der Waals surface area contributed by atoms with E-state index in [4.69, 9.17) is 17.3 Å². The van der Waals surface area contributed by atoms with Crippen molar-refractivity contribution in [2.24, 2.45) is 5.73 Å². The van der Waals surface area contributed by atoms with Crippen molar-refractivity contribution in [3.05, 3.63) is 46.5 Å². The van der Waals surface area contributed by atoms with Gasteiger partial charge in [0.1, 0.15) is 0 Å². The average Bonchev–Trinajstić information content (AvgIpc) is 2.85. The smallest absolute Gasteiger partial charge is 0.0915 e. The van der Waals surface area contributed by atoms with Crippen LogP contribution in [0, 0.1) is 0 Å². The fourth-order valence-corrected chi connectivity index (χ4v) is 2.57. The minimum Gasteiger partial charge on any atom is -0.318 e. The van der Waals surface area contributed by atoms with E-state index in [0.717, 1.165) is 36.5 Å². The van der Waals surface area contributed by atoms with Gasteiger partial charge < -0.3 is 10.6 Å². The largest absolute Gasteiger partial charge is 0.318 e. The van der Waals surface area contributed by atoms with Crippen molar-refractivity contribution in [1.82, 2.24) is 19.7 Å². The number of pyridine rings is 1. The molecule has 0 saturated carbocycles. The Bertz CT molecular complexity index is 593. The van der Waals surface area contributed by atoms with Crippen LogP contribution in [0.3, 0.4) is 0 Å². The first-order chi connectivity index (χ1) is 10.0. The Morgan fingerprint density at radius 2 is 2.19 bits per heavy atom. The minimum absolute atomic E-state index is 0.363. The fraction of sp³-hybridized carbons (Fsp3) is 0.467. The standard InChI is InChI=1S/C15H22ClN5/c1-4-11-6-5-7-18-14(11)13(17)15-12(16)10-19-21(15)9-8-20(2)3/h5-7,10,13H,4,8-9,17H2,1-3H3. The third-order valence-corrected chi connectivity index (χ3v) is 3.78. The molecule has 2 aromatic rings. The lowest BCUT2D eigenvalue weighted by molar-refractivity contribution is 0.368. The third-order valence-electron chi connectivity index (χ3n) is 3.49. The summed E-state index contributed by atoms with van der Waals surface area (Å²) in [5.41, 5.74) is 9.26. The lowest BCUT2D eigenvalue weighted by Crippen LogP contribution is -2.24. The molecule has 2 N–H and O–H groups in total. The van der Waals surface area contributed by atoms with Gasteiger partial charge in [-0.3, -0.25) is 9.67 Å². The molecule has 0 saturated heterocycles. The molecule has 21 heavy (non-hydrogen) atoms. The Labute approximate surface area is 130 Å². The summed E-state index contributed by atoms with van der Waals surface area (Å²) in [6.07, 6.45) is 4.31. The van der Waals surface area contributed by atoms with Gasteiger partial charge in [0.15, 0.2) is 0 Å². The number of aryl methyl sites for hydroxylation is 1. The molecule has 6 heteroatoms. The second-order valence-electron chi connectivity index (χ2n) is 5.28. The monoisotopic (exact) mass is 307 g/mol. The van der Waals surface area contributed by atoms with Gasteiger partial charge in [-0.1, -0.05) is 24.6 Å². The Kier molecular flexibility index (Phi) is 5.33. The molecule has 2 aromatic heterocycles. The second kappa shape index (κ2) is 7.02. The van der Waals surface area contributed by atoms with E-state index >= 15 is 0 Å². The van der Waals surface area contributed by atoms with Crippen LogP contribution in [-0.4, -0.2) is 40.3 Å². The molecular formula is C15H22ClN5. The highest BCUT2D eigenvalue weighted by molar-refractivity contribution is 6.31. The molecule has 0 aliphatic rings. The minimum atomic E-state index is -0.363. The summed E-state index contributed by atoms with van der Waals surface area (Å²) >= 11 is 6.30. The average molecular weight is 308 g/mol. The molecule has 0 fully saturated rings. The number of halogens is 1. The number of likely N-dealkylation sites (N-methyl/N-ethyl adjacent to an activating group) is 1. The van der Waals surface area contributed by atoms with Gasteiger partial charge in [-0.15, -0.1) is 0 Å². The van der Waals surface area contributed by atoms with Crippen molar-refractivity contribution in [3.63, 3.8) is 0 Å². The highest BCUT2D eigenvalue weighted by Gasteiger charge is 2.21. The van der Waals surface area contributed by atoms with Gasteiger partial charge in [0, 0.05) is 12.7 Å². The Morgan fingerprint density at radius 3 is 2.86 bits per heavy atom. The summed E-state index contributed by atoms with van der Waals surface area (Å²) in [7, 11) is 4.05. The highest BCUT2D eigenvalue weighted by Crippen LogP contribution is 2.27. The fourth-order valence-electron chi connectivity index (χ4n) is 2.31. The van der Waals surface area contributed by atoms with Crippen molar-refractivity contribution < 1.29 is 0 Å². The SMILES string of the molecule is CCc1cccnc1C(N)c1c(Cl)cnn1CCN(C)C. The molecule has 1 unspecified atom stereocenters. The maximum Gasteiger partial charge on any atom is 0.0915 e. The Morgan fingerprint density at radius 1 is 1.43 bits per heavy atom. The number of nitrogens with zero attached hydrogens (tertiary/aromatic N) is 4. The van der Waals surface area contributed by atoms with Crippen molar-refractivity contribution in [2.45, 2.75) is 25.9 Å². The van der Waals surface area contributed by atoms with Crippen LogP contribution in [0.4, 0.5) is 0 Å². The van der Waals surface area contributed by atoms with E-state index in [2.05, 4.69) is 28.0 Å². The van der Waals surface area contributed by atoms with Crippen LogP contribution in [0.15, 0.2) is 24.5 Å². The molecule has 0 spiro atoms. The summed E-state index contributed by atoms with van der Waals surface area (Å²) in [4.78, 5) is 6.55. The maximum absolute atomic E-state index is 6.42. The molecule has 0 aliphatic heterocycles. The molecule has 0 aromatic carbocycles. The number of hydrogen-bond acceptors (Lipinski definition) is 4. The summed E-state index contributed by atoms with van der Waals surface area (Å²) < 4.78 is 1.88. The molecule has 0 aliphatic carbocycles. The van der Waals surface area contributed by atoms with Gasteiger partial charge in [0.05, 0.1) is 35.2 Å². The molecular weight excluding hydrogens is 286 g/mol. The Balaban J connectivity index is 2.34. The highest BCUT2D eigenvalue weighted by atomic mass is 35.5. The number of aromatic nitrogens is 3. The topological polar surface area (TPSA) is 60.0 Å². The number of nitrogens with two attached hydrogens (primary N) is 1. The van der Waals surface area contributed by atoms with Gasteiger partial charge in [-0.25, -0.2) is 0 Å². The van der Waals surface area contributed by atoms with E-state index < -0.39 is 0 Å². The zero-order valence-electron chi connectivity index (χ0n) is 12.8. The Hall–Kier alpha value is -1.43. The first kappa shape index (κ1) is 15.9. The van der Waals surface area contributed by atoms with E-state index in [1.54, 1.807) is 12.4 Å². The first-order valence-corrected chi connectivity index (χ1v) is 7.47. The van der Waals surface area contributed by atoms with Crippen LogP contribution in [0.25, 0.3) is 0 Å². The number of hydrogen-bond donors (Lipinski definition) is 1. The van der Waals surface area contributed by atoms with E-state index in [1.807, 2.05) is 24.8 Å². The van der Waals surface area contributed by atoms with Crippen molar-refractivity contribution in [1.29, 1.82) is 0 Å². The third kappa shape index (κ3) is 3.61. The van der Waals surface area contributed by atoms with E-state index in [9.17, 15) is 0 Å². The summed E-state index contributed by atoms with van der Waals surface area (Å²) in [5.74, 6) is 0. The van der Waals surface area contributed by atoms with Crippen molar-refractivity contribution in [2.75, 3.05) is 20.6 Å². The van der Waals surface area contributed by atoms with E-state index in [1.165, 1.54) is 0 Å². The van der Waals surface area contributed by atoms with Crippen LogP contribution in [-0.2, 0) is 13.0 Å². The zero-order valence-corrected chi connectivity index (χ0v) is 13.5. The normalized spacial score (nSPS) is 12.9. The van der Waals surface area contributed by atoms with Crippen LogP contribution < -0.4 is 5.73 Å². The molecule has 114 valence electrons. The molecule has 0 amide bonds. The van der Waals surface area contributed by atoms with Crippen molar-refractivity contribution in [3.8, 4) is 0 Å². The predicted molar refractivity (Wildman–Crippen MR) is 85.4 cm³/mol. The first-order valence-electron chi connectivity index (χ1n) is 7.09. The summed E-state index contributed by atoms with van der Waals surface area (Å²) in [6.45, 7) is 3.72. The van der Waals surface area contributed by atoms with Gasteiger partial charge in [0.2, 0.25) is 0 Å². The van der Waals surface area contributed by atoms with Crippen LogP contribution in [0.2, 0.25) is 5.02 Å². The molecule has 0 radical (unpaired) electrons. The molecule has 0 bridgehead atoms. The molecule has 5 nitrogen and oxygen atoms in total. The van der Waals surface area contributed by atoms with Crippen LogP contribution in [0.5, 0.6) is 0 Å². The molecule has 2 heterocycles. The molecule has 2 rings (SSSR count). The van der Waals surface area contributed by atoms with Crippen LogP contribution in [0.1, 0.15) is 29.9 Å². The predicted octanol–water partition coefficient (Wildman–Crippen LogP) is 2.10. The van der Waals surface area contributed by atoms with Gasteiger partial charge in [-0.2, -0.15) is 5.10 Å². The van der Waals surface area contributed by atoms with E-state index in [0.29, 0.717) is 5.02 Å². The number of rotatable bonds is 6. The van der Waals surface area contributed by atoms with E-state index in [-0.39, 0.29) is 6.04 Å². The van der Waals surface area contributed by atoms with Crippen molar-refractivity contribution >= 4 is 11.6 Å². The lowest BCUT2D eigenvalue weighted by Gasteiger charge is -2.18. The van der Waals surface area contributed by atoms with Gasteiger partial charge >= 0.3 is 0 Å². The zero-order chi connectivity index (χ0) is 15.4. The quantitative estimate of drug-likeness (QED) is 0.888. The summed E-state index contributed by atoms with van der Waals surface area (Å²) in [6, 6.07) is 3.62. The van der Waals surface area contributed by atoms with Crippen LogP contribution >= 0.6 is 11.6 Å². The summed E-state index contributed by atoms with van der Waals surface area (Å²) in [5, 5.41) is 4.93. The maximum atomic E-state index is 6.42. The van der Waals surface area contributed by atoms with Gasteiger partial charge in [0.25, 0.3) is 0 Å². The lowest BCUT2D eigenvalue weighted by atomic mass is 10.0. The van der Waals surface area contributed by atoms with Gasteiger partial charge in [-0.05, 0) is 32.1 Å².